The Morgan fingerprint density at radius 3 is 2.63 bits per heavy atom. The van der Waals surface area contributed by atoms with E-state index < -0.39 is 17.7 Å². The molecule has 3 rings (SSSR count). The Kier molecular flexibility index (Phi) is 5.81. The molecule has 0 spiro atoms. The summed E-state index contributed by atoms with van der Waals surface area (Å²) in [5.74, 6) is -1.19. The molecule has 1 unspecified atom stereocenters. The molecule has 1 atom stereocenters. The fourth-order valence-electron chi connectivity index (χ4n) is 2.87. The molecule has 9 heteroatoms. The van der Waals surface area contributed by atoms with E-state index in [1.54, 1.807) is 19.0 Å². The monoisotopic (exact) mass is 393 g/mol. The van der Waals surface area contributed by atoms with Gasteiger partial charge in [-0.15, -0.1) is 5.10 Å². The van der Waals surface area contributed by atoms with Crippen molar-refractivity contribution in [3.63, 3.8) is 0 Å². The van der Waals surface area contributed by atoms with Crippen molar-refractivity contribution in [3.05, 3.63) is 57.5 Å². The van der Waals surface area contributed by atoms with E-state index in [1.165, 1.54) is 40.1 Å². The maximum atomic E-state index is 14.2. The third-order valence-corrected chi connectivity index (χ3v) is 5.07. The van der Waals surface area contributed by atoms with Gasteiger partial charge in [-0.3, -0.25) is 4.79 Å². The first-order valence-electron chi connectivity index (χ1n) is 8.64. The molecule has 0 aliphatic heterocycles. The summed E-state index contributed by atoms with van der Waals surface area (Å²) in [6, 6.07) is 4.76. The molecule has 0 radical (unpaired) electrons. The Labute approximate surface area is 159 Å². The van der Waals surface area contributed by atoms with E-state index in [-0.39, 0.29) is 17.7 Å². The lowest BCUT2D eigenvalue weighted by atomic mass is 10.0. The van der Waals surface area contributed by atoms with Gasteiger partial charge in [-0.1, -0.05) is 30.7 Å². The number of fused-ring (bicyclic) bond motifs is 1. The minimum absolute atomic E-state index is 0.00312. The number of hydrogen-bond donors (Lipinski definition) is 1. The standard InChI is InChI=1S/C18H21F2N5OS/c1-4-6-11-9-15(26)25-18(22-11)27-17(23-25)21-10-14(24(2)3)16-12(19)7-5-8-13(16)20/h5,7-9,14H,4,6,10H2,1-3H3,(H,21,23). The number of nitrogens with zero attached hydrogens (tertiary/aromatic N) is 4. The molecule has 2 aromatic heterocycles. The minimum Gasteiger partial charge on any atom is -0.358 e. The Morgan fingerprint density at radius 2 is 2.00 bits per heavy atom. The van der Waals surface area contributed by atoms with Crippen LogP contribution in [0.25, 0.3) is 4.96 Å². The summed E-state index contributed by atoms with van der Waals surface area (Å²) in [6.45, 7) is 2.24. The molecule has 1 aromatic carbocycles. The van der Waals surface area contributed by atoms with Crippen molar-refractivity contribution in [2.75, 3.05) is 26.0 Å². The van der Waals surface area contributed by atoms with Crippen molar-refractivity contribution in [3.8, 4) is 0 Å². The number of likely N-dealkylation sites (N-methyl/N-ethyl adjacent to an activating group) is 1. The van der Waals surface area contributed by atoms with Gasteiger partial charge in [-0.05, 0) is 32.6 Å². The van der Waals surface area contributed by atoms with Crippen LogP contribution in [0.2, 0.25) is 0 Å². The number of aromatic nitrogens is 3. The average Bonchev–Trinajstić information content (AvgIpc) is 3.01. The molecule has 0 aliphatic rings. The zero-order chi connectivity index (χ0) is 19.6. The molecule has 0 fully saturated rings. The molecule has 0 saturated carbocycles. The second-order valence-electron chi connectivity index (χ2n) is 6.43. The molecule has 27 heavy (non-hydrogen) atoms. The maximum Gasteiger partial charge on any atom is 0.275 e. The molecular weight excluding hydrogens is 372 g/mol. The van der Waals surface area contributed by atoms with Gasteiger partial charge in [0.25, 0.3) is 5.56 Å². The van der Waals surface area contributed by atoms with E-state index in [9.17, 15) is 13.6 Å². The van der Waals surface area contributed by atoms with Crippen LogP contribution < -0.4 is 10.9 Å². The fraction of sp³-hybridized carbons (Fsp3) is 0.389. The van der Waals surface area contributed by atoms with Gasteiger partial charge in [-0.2, -0.15) is 4.52 Å². The zero-order valence-corrected chi connectivity index (χ0v) is 16.2. The lowest BCUT2D eigenvalue weighted by Gasteiger charge is -2.25. The van der Waals surface area contributed by atoms with Gasteiger partial charge < -0.3 is 10.2 Å². The Hall–Kier alpha value is -2.39. The van der Waals surface area contributed by atoms with Crippen molar-refractivity contribution in [2.45, 2.75) is 25.8 Å². The molecule has 0 amide bonds. The number of hydrogen-bond acceptors (Lipinski definition) is 6. The van der Waals surface area contributed by atoms with E-state index in [2.05, 4.69) is 15.4 Å². The second-order valence-corrected chi connectivity index (χ2v) is 7.39. The third kappa shape index (κ3) is 4.14. The van der Waals surface area contributed by atoms with Gasteiger partial charge in [-0.25, -0.2) is 13.8 Å². The number of nitrogens with one attached hydrogen (secondary N) is 1. The SMILES string of the molecule is CCCc1cc(=O)n2nc(NCC(c3c(F)cccc3F)N(C)C)sc2n1. The van der Waals surface area contributed by atoms with Crippen LogP contribution in [0.5, 0.6) is 0 Å². The zero-order valence-electron chi connectivity index (χ0n) is 15.4. The summed E-state index contributed by atoms with van der Waals surface area (Å²) in [4.78, 5) is 18.8. The number of benzene rings is 1. The van der Waals surface area contributed by atoms with Gasteiger partial charge in [0.2, 0.25) is 10.1 Å². The highest BCUT2D eigenvalue weighted by molar-refractivity contribution is 7.20. The first-order chi connectivity index (χ1) is 12.9. The predicted octanol–water partition coefficient (Wildman–Crippen LogP) is 3.10. The molecule has 3 aromatic rings. The summed E-state index contributed by atoms with van der Waals surface area (Å²) in [7, 11) is 3.50. The molecule has 0 bridgehead atoms. The summed E-state index contributed by atoms with van der Waals surface area (Å²) in [5, 5.41) is 7.78. The highest BCUT2D eigenvalue weighted by atomic mass is 32.1. The molecule has 1 N–H and O–H groups in total. The van der Waals surface area contributed by atoms with Crippen molar-refractivity contribution >= 4 is 21.4 Å². The lowest BCUT2D eigenvalue weighted by molar-refractivity contribution is 0.295. The van der Waals surface area contributed by atoms with E-state index in [0.29, 0.717) is 10.1 Å². The quantitative estimate of drug-likeness (QED) is 0.668. The van der Waals surface area contributed by atoms with Crippen LogP contribution in [0.4, 0.5) is 13.9 Å². The van der Waals surface area contributed by atoms with Crippen LogP contribution in [-0.2, 0) is 6.42 Å². The van der Waals surface area contributed by atoms with Gasteiger partial charge >= 0.3 is 0 Å². The first kappa shape index (κ1) is 19.4. The lowest BCUT2D eigenvalue weighted by Crippen LogP contribution is -2.28. The van der Waals surface area contributed by atoms with Gasteiger partial charge in [0, 0.05) is 23.9 Å². The average molecular weight is 393 g/mol. The summed E-state index contributed by atoms with van der Waals surface area (Å²) in [5.41, 5.74) is 0.492. The predicted molar refractivity (Wildman–Crippen MR) is 102 cm³/mol. The Morgan fingerprint density at radius 1 is 1.30 bits per heavy atom. The molecule has 6 nitrogen and oxygen atoms in total. The number of anilines is 1. The highest BCUT2D eigenvalue weighted by Gasteiger charge is 2.22. The summed E-state index contributed by atoms with van der Waals surface area (Å²) >= 11 is 1.23. The second kappa shape index (κ2) is 8.10. The normalized spacial score (nSPS) is 12.7. The van der Waals surface area contributed by atoms with Crippen molar-refractivity contribution < 1.29 is 8.78 Å². The smallest absolute Gasteiger partial charge is 0.275 e. The molecule has 0 aliphatic carbocycles. The summed E-state index contributed by atoms with van der Waals surface area (Å²) in [6.07, 6.45) is 1.62. The molecule has 2 heterocycles. The number of rotatable bonds is 7. The Balaban J connectivity index is 1.86. The van der Waals surface area contributed by atoms with Crippen molar-refractivity contribution in [1.82, 2.24) is 19.5 Å². The van der Waals surface area contributed by atoms with E-state index in [4.69, 9.17) is 0 Å². The van der Waals surface area contributed by atoms with Gasteiger partial charge in [0.1, 0.15) is 11.6 Å². The topological polar surface area (TPSA) is 62.5 Å². The fourth-order valence-corrected chi connectivity index (χ4v) is 3.70. The van der Waals surface area contributed by atoms with Crippen molar-refractivity contribution in [2.24, 2.45) is 0 Å². The number of aryl methyl sites for hydroxylation is 1. The maximum absolute atomic E-state index is 14.2. The van der Waals surface area contributed by atoms with Gasteiger partial charge in [0.05, 0.1) is 6.04 Å². The third-order valence-electron chi connectivity index (χ3n) is 4.21. The van der Waals surface area contributed by atoms with Crippen LogP contribution in [0.1, 0.15) is 30.6 Å². The van der Waals surface area contributed by atoms with Crippen LogP contribution in [0.15, 0.2) is 29.1 Å². The van der Waals surface area contributed by atoms with E-state index in [0.717, 1.165) is 18.5 Å². The molecular formula is C18H21F2N5OS. The van der Waals surface area contributed by atoms with Crippen LogP contribution in [0, 0.1) is 11.6 Å². The van der Waals surface area contributed by atoms with Crippen molar-refractivity contribution in [1.29, 1.82) is 0 Å². The molecule has 0 saturated heterocycles. The van der Waals surface area contributed by atoms with Crippen LogP contribution >= 0.6 is 11.3 Å². The van der Waals surface area contributed by atoms with Gasteiger partial charge in [0.15, 0.2) is 0 Å². The Bertz CT molecular complexity index is 981. The van der Waals surface area contributed by atoms with Crippen LogP contribution in [0.3, 0.4) is 0 Å². The highest BCUT2D eigenvalue weighted by Crippen LogP contribution is 2.26. The van der Waals surface area contributed by atoms with E-state index >= 15 is 0 Å². The first-order valence-corrected chi connectivity index (χ1v) is 9.46. The minimum atomic E-state index is -0.595. The largest absolute Gasteiger partial charge is 0.358 e. The molecule has 144 valence electrons. The number of halogens is 2. The van der Waals surface area contributed by atoms with E-state index in [1.807, 2.05) is 6.92 Å². The summed E-state index contributed by atoms with van der Waals surface area (Å²) < 4.78 is 29.6. The van der Waals surface area contributed by atoms with Crippen LogP contribution in [-0.4, -0.2) is 40.1 Å².